The highest BCUT2D eigenvalue weighted by atomic mass is 79.9. The van der Waals surface area contributed by atoms with E-state index in [1.165, 1.54) is 30.1 Å². The van der Waals surface area contributed by atoms with Gasteiger partial charge in [0.2, 0.25) is 0 Å². The maximum atomic E-state index is 13.9. The maximum absolute atomic E-state index is 13.9. The molecule has 0 radical (unpaired) electrons. The molecule has 0 saturated carbocycles. The Morgan fingerprint density at radius 1 is 1.05 bits per heavy atom. The minimum atomic E-state index is -0.855. The van der Waals surface area contributed by atoms with Gasteiger partial charge in [-0.2, -0.15) is 0 Å². The van der Waals surface area contributed by atoms with Gasteiger partial charge in [-0.05, 0) is 77.0 Å². The lowest BCUT2D eigenvalue weighted by atomic mass is 9.95. The number of carbonyl (C=O) groups is 1. The molecule has 1 aliphatic rings. The number of fused-ring (bicyclic) bond motifs is 1. The zero-order valence-corrected chi connectivity index (χ0v) is 27.1. The number of thiazole rings is 1. The summed E-state index contributed by atoms with van der Waals surface area (Å²) < 4.78 is 19.2. The highest BCUT2D eigenvalue weighted by Crippen LogP contribution is 2.37. The lowest BCUT2D eigenvalue weighted by molar-refractivity contribution is -0.136. The van der Waals surface area contributed by atoms with Gasteiger partial charge in [-0.15, -0.1) is 0 Å². The molecule has 0 bridgehead atoms. The summed E-state index contributed by atoms with van der Waals surface area (Å²) in [5.41, 5.74) is 2.43. The number of aromatic nitrogens is 1. The third-order valence-corrected chi connectivity index (χ3v) is 8.99. The number of ether oxygens (including phenoxy) is 3. The predicted octanol–water partition coefficient (Wildman–Crippen LogP) is 6.72. The van der Waals surface area contributed by atoms with Crippen molar-refractivity contribution < 1.29 is 19.0 Å². The first-order valence-electron chi connectivity index (χ1n) is 12.4. The van der Waals surface area contributed by atoms with Crippen LogP contribution in [-0.2, 0) is 16.1 Å². The van der Waals surface area contributed by atoms with Crippen LogP contribution in [0.2, 0.25) is 15.1 Å². The van der Waals surface area contributed by atoms with Crippen molar-refractivity contribution in [3.8, 4) is 11.5 Å². The average molecular weight is 709 g/mol. The summed E-state index contributed by atoms with van der Waals surface area (Å²) in [4.78, 5) is 31.9. The standard InChI is InChI=1S/C30H22BrCl3N2O5S/c1-15-26(29(38)40-3)27(20-12-18(32)7-9-23(20)39-2)36-28(37)25(42-30(36)35-15)11-16-4-8-24(21(31)10-16)41-14-17-5-6-19(33)13-22(17)34/h4-13,27H,14H2,1-3H3/b25-11-/t27-/m0/s1. The van der Waals surface area contributed by atoms with Crippen molar-refractivity contribution in [3.63, 3.8) is 0 Å². The summed E-state index contributed by atoms with van der Waals surface area (Å²) in [6, 6.07) is 14.9. The van der Waals surface area contributed by atoms with Crippen LogP contribution < -0.4 is 24.4 Å². The van der Waals surface area contributed by atoms with Crippen LogP contribution in [0.25, 0.3) is 6.08 Å². The normalized spacial score (nSPS) is 14.8. The van der Waals surface area contributed by atoms with E-state index >= 15 is 0 Å². The fourth-order valence-electron chi connectivity index (χ4n) is 4.58. The quantitative estimate of drug-likeness (QED) is 0.199. The third kappa shape index (κ3) is 6.02. The van der Waals surface area contributed by atoms with Gasteiger partial charge >= 0.3 is 5.97 Å². The minimum Gasteiger partial charge on any atom is -0.496 e. The number of halogens is 4. The summed E-state index contributed by atoms with van der Waals surface area (Å²) in [6.07, 6.45) is 1.76. The average Bonchev–Trinajstić information content (AvgIpc) is 3.26. The first-order chi connectivity index (χ1) is 20.1. The number of benzene rings is 3. The molecule has 12 heteroatoms. The lowest BCUT2D eigenvalue weighted by Crippen LogP contribution is -2.40. The van der Waals surface area contributed by atoms with Crippen molar-refractivity contribution in [1.82, 2.24) is 4.57 Å². The first kappa shape index (κ1) is 30.4. The minimum absolute atomic E-state index is 0.224. The molecule has 1 atom stereocenters. The number of hydrogen-bond acceptors (Lipinski definition) is 7. The van der Waals surface area contributed by atoms with E-state index in [0.29, 0.717) is 51.6 Å². The molecular weight excluding hydrogens is 687 g/mol. The highest BCUT2D eigenvalue weighted by molar-refractivity contribution is 9.10. The Labute approximate surface area is 268 Å². The van der Waals surface area contributed by atoms with E-state index in [2.05, 4.69) is 20.9 Å². The van der Waals surface area contributed by atoms with Crippen LogP contribution in [0.15, 0.2) is 80.1 Å². The van der Waals surface area contributed by atoms with E-state index in [1.807, 2.05) is 18.2 Å². The van der Waals surface area contributed by atoms with Gasteiger partial charge in [0, 0.05) is 26.2 Å². The van der Waals surface area contributed by atoms with E-state index < -0.39 is 12.0 Å². The largest absolute Gasteiger partial charge is 0.496 e. The van der Waals surface area contributed by atoms with Crippen LogP contribution >= 0.6 is 62.1 Å². The molecule has 5 rings (SSSR count). The summed E-state index contributed by atoms with van der Waals surface area (Å²) in [5.74, 6) is 0.470. The molecule has 0 amide bonds. The first-order valence-corrected chi connectivity index (χ1v) is 15.2. The van der Waals surface area contributed by atoms with Crippen LogP contribution in [0.3, 0.4) is 0 Å². The fraction of sp³-hybridized carbons (Fsp3) is 0.167. The third-order valence-electron chi connectivity index (χ3n) is 6.57. The Morgan fingerprint density at radius 2 is 1.76 bits per heavy atom. The molecule has 216 valence electrons. The Morgan fingerprint density at radius 3 is 2.45 bits per heavy atom. The lowest BCUT2D eigenvalue weighted by Gasteiger charge is -2.25. The van der Waals surface area contributed by atoms with Crippen molar-refractivity contribution >= 4 is 74.1 Å². The molecule has 4 aromatic rings. The van der Waals surface area contributed by atoms with Crippen LogP contribution in [-0.4, -0.2) is 24.8 Å². The number of allylic oxidation sites excluding steroid dienone is 1. The van der Waals surface area contributed by atoms with Crippen LogP contribution in [0.5, 0.6) is 11.5 Å². The van der Waals surface area contributed by atoms with Gasteiger partial charge in [0.05, 0.1) is 34.5 Å². The summed E-state index contributed by atoms with van der Waals surface area (Å²) >= 11 is 23.4. The number of carbonyl (C=O) groups excluding carboxylic acids is 1. The molecule has 1 aliphatic heterocycles. The van der Waals surface area contributed by atoms with Crippen molar-refractivity contribution in [1.29, 1.82) is 0 Å². The number of esters is 1. The van der Waals surface area contributed by atoms with Crippen LogP contribution in [0.1, 0.15) is 29.7 Å². The number of rotatable bonds is 7. The zero-order chi connectivity index (χ0) is 30.1. The Bertz CT molecular complexity index is 1940. The Balaban J connectivity index is 1.55. The molecule has 7 nitrogen and oxygen atoms in total. The second-order valence-electron chi connectivity index (χ2n) is 9.17. The van der Waals surface area contributed by atoms with E-state index in [9.17, 15) is 9.59 Å². The number of nitrogens with zero attached hydrogens (tertiary/aromatic N) is 2. The predicted molar refractivity (Wildman–Crippen MR) is 169 cm³/mol. The van der Waals surface area contributed by atoms with Gasteiger partial charge in [0.25, 0.3) is 5.56 Å². The SMILES string of the molecule is COC(=O)C1=C(C)N=c2s/c(=C\c3ccc(OCc4ccc(Cl)cc4Cl)c(Br)c3)c(=O)n2[C@H]1c1cc(Cl)ccc1OC. The number of methoxy groups -OCH3 is 2. The molecular formula is C30H22BrCl3N2O5S. The molecule has 0 N–H and O–H groups in total. The second kappa shape index (κ2) is 12.7. The van der Waals surface area contributed by atoms with Gasteiger partial charge in [0.15, 0.2) is 4.80 Å². The molecule has 0 spiro atoms. The van der Waals surface area contributed by atoms with Crippen LogP contribution in [0.4, 0.5) is 0 Å². The molecule has 0 unspecified atom stereocenters. The van der Waals surface area contributed by atoms with Crippen LogP contribution in [0, 0.1) is 0 Å². The monoisotopic (exact) mass is 706 g/mol. The van der Waals surface area contributed by atoms with Crippen molar-refractivity contribution in [2.75, 3.05) is 14.2 Å². The molecule has 0 aliphatic carbocycles. The highest BCUT2D eigenvalue weighted by Gasteiger charge is 2.35. The van der Waals surface area contributed by atoms with E-state index in [-0.39, 0.29) is 17.7 Å². The van der Waals surface area contributed by atoms with Crippen molar-refractivity contribution in [2.24, 2.45) is 4.99 Å². The van der Waals surface area contributed by atoms with E-state index in [1.54, 1.807) is 49.4 Å². The molecule has 0 saturated heterocycles. The molecule has 0 fully saturated rings. The van der Waals surface area contributed by atoms with Gasteiger partial charge < -0.3 is 14.2 Å². The van der Waals surface area contributed by atoms with Gasteiger partial charge in [0.1, 0.15) is 24.1 Å². The van der Waals surface area contributed by atoms with Crippen molar-refractivity contribution in [2.45, 2.75) is 19.6 Å². The zero-order valence-electron chi connectivity index (χ0n) is 22.4. The van der Waals surface area contributed by atoms with Gasteiger partial charge in [-0.3, -0.25) is 9.36 Å². The van der Waals surface area contributed by atoms with Gasteiger partial charge in [-0.25, -0.2) is 9.79 Å². The van der Waals surface area contributed by atoms with E-state index in [4.69, 9.17) is 49.0 Å². The molecule has 42 heavy (non-hydrogen) atoms. The second-order valence-corrected chi connectivity index (χ2v) is 12.3. The summed E-state index contributed by atoms with van der Waals surface area (Å²) in [7, 11) is 2.80. The number of hydrogen-bond donors (Lipinski definition) is 0. The van der Waals surface area contributed by atoms with Gasteiger partial charge in [-0.1, -0.05) is 58.3 Å². The molecule has 1 aromatic heterocycles. The topological polar surface area (TPSA) is 79.1 Å². The summed E-state index contributed by atoms with van der Waals surface area (Å²) in [6.45, 7) is 1.96. The molecule has 3 aromatic carbocycles. The Hall–Kier alpha value is -3.08. The smallest absolute Gasteiger partial charge is 0.338 e. The fourth-order valence-corrected chi connectivity index (χ4v) is 6.78. The van der Waals surface area contributed by atoms with Crippen molar-refractivity contribution in [3.05, 3.63) is 122 Å². The van der Waals surface area contributed by atoms with E-state index in [0.717, 1.165) is 11.1 Å². The molecule has 2 heterocycles. The summed E-state index contributed by atoms with van der Waals surface area (Å²) in [5, 5.41) is 1.50. The maximum Gasteiger partial charge on any atom is 0.338 e. The Kier molecular flexibility index (Phi) is 9.15.